The zero-order chi connectivity index (χ0) is 33.0. The van der Waals surface area contributed by atoms with E-state index < -0.39 is 0 Å². The van der Waals surface area contributed by atoms with Gasteiger partial charge in [-0.05, 0) is 88.0 Å². The van der Waals surface area contributed by atoms with E-state index in [0.717, 1.165) is 60.9 Å². The van der Waals surface area contributed by atoms with Crippen LogP contribution in [0.4, 0.5) is 0 Å². The third kappa shape index (κ3) is 4.93. The summed E-state index contributed by atoms with van der Waals surface area (Å²) in [5.74, 6) is 1.28. The van der Waals surface area contributed by atoms with Crippen LogP contribution in [0.3, 0.4) is 0 Å². The number of nitrogens with zero attached hydrogens (tertiary/aromatic N) is 4. The molecule has 0 atom stereocenters. The summed E-state index contributed by atoms with van der Waals surface area (Å²) < 4.78 is 8.63. The lowest BCUT2D eigenvalue weighted by Crippen LogP contribution is -1.95. The first-order valence-corrected chi connectivity index (χ1v) is 17.2. The summed E-state index contributed by atoms with van der Waals surface area (Å²) in [5.41, 5.74) is 10.3. The maximum Gasteiger partial charge on any atom is 0.163 e. The Morgan fingerprint density at radius 3 is 1.70 bits per heavy atom. The summed E-state index contributed by atoms with van der Waals surface area (Å²) in [4.78, 5) is 18.4. The van der Waals surface area contributed by atoms with Gasteiger partial charge < -0.3 is 4.42 Å². The Hall–Kier alpha value is -6.50. The van der Waals surface area contributed by atoms with Crippen LogP contribution in [0.1, 0.15) is 0 Å². The number of hydrogen-bond acceptors (Lipinski definition) is 6. The minimum atomic E-state index is 0.635. The number of fused-ring (bicyclic) bond motifs is 6. The van der Waals surface area contributed by atoms with Crippen molar-refractivity contribution in [2.45, 2.75) is 0 Å². The molecule has 0 saturated heterocycles. The number of aromatic nitrogens is 4. The number of rotatable bonds is 5. The monoisotopic (exact) mass is 658 g/mol. The lowest BCUT2D eigenvalue weighted by molar-refractivity contribution is 0.668. The minimum Gasteiger partial charge on any atom is -0.456 e. The first-order chi connectivity index (χ1) is 24.7. The van der Waals surface area contributed by atoms with E-state index in [1.807, 2.05) is 29.7 Å². The second-order valence-corrected chi connectivity index (χ2v) is 13.5. The number of thiophene rings is 1. The van der Waals surface area contributed by atoms with Crippen LogP contribution in [0.25, 0.3) is 98.3 Å². The van der Waals surface area contributed by atoms with Gasteiger partial charge >= 0.3 is 0 Å². The third-order valence-electron chi connectivity index (χ3n) is 9.32. The fraction of sp³-hybridized carbons (Fsp3) is 0. The van der Waals surface area contributed by atoms with Crippen LogP contribution in [0.5, 0.6) is 0 Å². The molecule has 0 radical (unpaired) electrons. The molecule has 6 aromatic carbocycles. The van der Waals surface area contributed by atoms with Crippen molar-refractivity contribution in [2.24, 2.45) is 0 Å². The molecule has 0 aliphatic carbocycles. The Balaban J connectivity index is 0.968. The molecule has 0 fully saturated rings. The van der Waals surface area contributed by atoms with E-state index in [9.17, 15) is 0 Å². The Morgan fingerprint density at radius 2 is 0.980 bits per heavy atom. The van der Waals surface area contributed by atoms with Gasteiger partial charge in [-0.25, -0.2) is 15.0 Å². The van der Waals surface area contributed by atoms with Crippen LogP contribution in [0.2, 0.25) is 0 Å². The van der Waals surface area contributed by atoms with Crippen LogP contribution >= 0.6 is 11.3 Å². The van der Waals surface area contributed by atoms with Crippen molar-refractivity contribution in [3.63, 3.8) is 0 Å². The lowest BCUT2D eigenvalue weighted by atomic mass is 9.97. The molecule has 0 bridgehead atoms. The van der Waals surface area contributed by atoms with Gasteiger partial charge in [-0.1, -0.05) is 84.9 Å². The zero-order valence-electron chi connectivity index (χ0n) is 26.6. The minimum absolute atomic E-state index is 0.635. The molecule has 0 aliphatic heterocycles. The number of hydrogen-bond donors (Lipinski definition) is 0. The summed E-state index contributed by atoms with van der Waals surface area (Å²) >= 11 is 1.83. The van der Waals surface area contributed by atoms with Gasteiger partial charge in [0.1, 0.15) is 17.5 Å². The molecule has 5 nitrogen and oxygen atoms in total. The molecule has 4 heterocycles. The van der Waals surface area contributed by atoms with E-state index in [-0.39, 0.29) is 0 Å². The third-order valence-corrected chi connectivity index (χ3v) is 10.5. The lowest BCUT2D eigenvalue weighted by Gasteiger charge is -2.09. The molecule has 50 heavy (non-hydrogen) atoms. The van der Waals surface area contributed by atoms with Gasteiger partial charge in [0.2, 0.25) is 0 Å². The van der Waals surface area contributed by atoms with Crippen LogP contribution in [0.15, 0.2) is 163 Å². The highest BCUT2D eigenvalue weighted by atomic mass is 32.1. The smallest absolute Gasteiger partial charge is 0.163 e. The van der Waals surface area contributed by atoms with E-state index in [4.69, 9.17) is 9.40 Å². The highest BCUT2D eigenvalue weighted by Crippen LogP contribution is 2.37. The number of pyridine rings is 1. The predicted octanol–water partition coefficient (Wildman–Crippen LogP) is 11.9. The zero-order valence-corrected chi connectivity index (χ0v) is 27.4. The molecule has 234 valence electrons. The maximum absolute atomic E-state index is 6.02. The first-order valence-electron chi connectivity index (χ1n) is 16.4. The molecule has 0 aliphatic rings. The van der Waals surface area contributed by atoms with Gasteiger partial charge in [-0.3, -0.25) is 4.98 Å². The molecule has 0 unspecified atom stereocenters. The van der Waals surface area contributed by atoms with Crippen LogP contribution in [-0.2, 0) is 0 Å². The fourth-order valence-electron chi connectivity index (χ4n) is 6.83. The molecule has 0 spiro atoms. The predicted molar refractivity (Wildman–Crippen MR) is 205 cm³/mol. The molecule has 6 heteroatoms. The van der Waals surface area contributed by atoms with E-state index in [2.05, 4.69) is 142 Å². The second kappa shape index (κ2) is 11.6. The highest BCUT2D eigenvalue weighted by Gasteiger charge is 2.13. The van der Waals surface area contributed by atoms with Gasteiger partial charge in [0, 0.05) is 54.5 Å². The van der Waals surface area contributed by atoms with Crippen molar-refractivity contribution in [3.8, 4) is 56.2 Å². The highest BCUT2D eigenvalue weighted by molar-refractivity contribution is 7.25. The van der Waals surface area contributed by atoms with E-state index in [0.29, 0.717) is 11.6 Å². The maximum atomic E-state index is 6.02. The van der Waals surface area contributed by atoms with Crippen LogP contribution in [0, 0.1) is 0 Å². The molecule has 10 aromatic rings. The molecule has 0 N–H and O–H groups in total. The van der Waals surface area contributed by atoms with Gasteiger partial charge in [0.05, 0.1) is 0 Å². The first kappa shape index (κ1) is 28.5. The summed E-state index contributed by atoms with van der Waals surface area (Å²) in [6.07, 6.45) is 5.22. The number of furan rings is 1. The molecule has 10 rings (SSSR count). The molecule has 0 saturated carbocycles. The van der Waals surface area contributed by atoms with Crippen molar-refractivity contribution < 1.29 is 4.42 Å². The molecule has 0 amide bonds. The van der Waals surface area contributed by atoms with Gasteiger partial charge in [-0.15, -0.1) is 11.3 Å². The van der Waals surface area contributed by atoms with Crippen LogP contribution in [-0.4, -0.2) is 19.9 Å². The van der Waals surface area contributed by atoms with Crippen molar-refractivity contribution in [2.75, 3.05) is 0 Å². The Labute approximate surface area is 291 Å². The average molecular weight is 659 g/mol. The summed E-state index contributed by atoms with van der Waals surface area (Å²) in [7, 11) is 0. The van der Waals surface area contributed by atoms with Crippen LogP contribution < -0.4 is 0 Å². The van der Waals surface area contributed by atoms with Crippen molar-refractivity contribution in [1.29, 1.82) is 0 Å². The molecular weight excluding hydrogens is 633 g/mol. The van der Waals surface area contributed by atoms with Crippen molar-refractivity contribution >= 4 is 53.4 Å². The number of benzene rings is 6. The topological polar surface area (TPSA) is 64.7 Å². The van der Waals surface area contributed by atoms with Crippen molar-refractivity contribution in [3.05, 3.63) is 158 Å². The summed E-state index contributed by atoms with van der Waals surface area (Å²) in [6, 6.07) is 49.0. The Morgan fingerprint density at radius 1 is 0.420 bits per heavy atom. The quantitative estimate of drug-likeness (QED) is 0.184. The van der Waals surface area contributed by atoms with E-state index in [1.165, 1.54) is 25.7 Å². The SMILES string of the molecule is c1cc(-c2cccc(-c3ncnc(-c4cccc(-c5ccc6sc7ccccc7c6c5)c4)n3)c2)cc(-c2ccc3oc4ccncc4c3c2)c1. The summed E-state index contributed by atoms with van der Waals surface area (Å²) in [5, 5.41) is 4.66. The fourth-order valence-corrected chi connectivity index (χ4v) is 7.92. The van der Waals surface area contributed by atoms with E-state index in [1.54, 1.807) is 12.5 Å². The van der Waals surface area contributed by atoms with Gasteiger partial charge in [-0.2, -0.15) is 0 Å². The Bertz CT molecular complexity index is 2710. The second-order valence-electron chi connectivity index (χ2n) is 12.4. The molecular formula is C44H26N4OS. The standard InChI is InChI=1S/C44H26N4OS/c1-2-13-41-35(12-1)37-24-32(15-17-42(37)50-41)30-9-5-11-34(22-30)44-47-26-46-43(48-44)33-10-4-8-29(21-33)27-6-3-7-28(20-27)31-14-16-39-36(23-31)38-25-45-19-18-40(38)49-39/h1-26H. The molecule has 4 aromatic heterocycles. The van der Waals surface area contributed by atoms with Crippen molar-refractivity contribution in [1.82, 2.24) is 19.9 Å². The average Bonchev–Trinajstić information content (AvgIpc) is 3.76. The normalized spacial score (nSPS) is 11.6. The Kier molecular flexibility index (Phi) is 6.60. The van der Waals surface area contributed by atoms with E-state index >= 15 is 0 Å². The largest absolute Gasteiger partial charge is 0.456 e. The van der Waals surface area contributed by atoms with Gasteiger partial charge in [0.25, 0.3) is 0 Å². The summed E-state index contributed by atoms with van der Waals surface area (Å²) in [6.45, 7) is 0. The van der Waals surface area contributed by atoms with Gasteiger partial charge in [0.15, 0.2) is 11.6 Å².